The van der Waals surface area contributed by atoms with Crippen LogP contribution in [0.2, 0.25) is 0 Å². The predicted molar refractivity (Wildman–Crippen MR) is 195 cm³/mol. The van der Waals surface area contributed by atoms with Gasteiger partial charge in [-0.2, -0.15) is 0 Å². The number of hydrogen-bond donors (Lipinski definition) is 4. The third kappa shape index (κ3) is 7.41. The molecule has 1 fully saturated rings. The maximum Gasteiger partial charge on any atom is 0.324 e. The van der Waals surface area contributed by atoms with E-state index in [1.165, 1.54) is 0 Å². The Morgan fingerprint density at radius 1 is 0.941 bits per heavy atom. The summed E-state index contributed by atoms with van der Waals surface area (Å²) in [4.78, 5) is 46.2. The number of carbonyl (C=O) groups is 3. The number of fused-ring (bicyclic) bond motifs is 2. The van der Waals surface area contributed by atoms with Crippen molar-refractivity contribution in [3.05, 3.63) is 113 Å². The number of nitrogens with zero attached hydrogens (tertiary/aromatic N) is 3. The van der Waals surface area contributed by atoms with Crippen LogP contribution in [0.1, 0.15) is 53.9 Å². The number of urea groups is 1. The lowest BCUT2D eigenvalue weighted by atomic mass is 9.93. The molecule has 0 bridgehead atoms. The van der Waals surface area contributed by atoms with E-state index >= 15 is 0 Å². The lowest BCUT2D eigenvalue weighted by molar-refractivity contribution is -0.127. The minimum atomic E-state index is -0.494. The second-order valence-electron chi connectivity index (χ2n) is 13.7. The molecule has 7 rings (SSSR count). The van der Waals surface area contributed by atoms with Crippen LogP contribution in [0.25, 0.3) is 27.9 Å². The van der Waals surface area contributed by atoms with Crippen LogP contribution in [-0.2, 0) is 16.8 Å². The van der Waals surface area contributed by atoms with Gasteiger partial charge in [0.2, 0.25) is 11.7 Å². The third-order valence-corrected chi connectivity index (χ3v) is 8.91. The number of phenols is 1. The van der Waals surface area contributed by atoms with E-state index in [0.717, 1.165) is 10.9 Å². The molecule has 0 atom stereocenters. The van der Waals surface area contributed by atoms with Crippen LogP contribution in [0.5, 0.6) is 5.75 Å². The number of carbonyl (C=O) groups excluding carboxylic acids is 3. The molecule has 1 saturated heterocycles. The molecule has 1 aliphatic heterocycles. The van der Waals surface area contributed by atoms with Crippen molar-refractivity contribution in [3.63, 3.8) is 0 Å². The summed E-state index contributed by atoms with van der Waals surface area (Å²) in [6.07, 6.45) is 3.43. The average Bonchev–Trinajstić information content (AvgIpc) is 3.87. The molecule has 260 valence electrons. The predicted octanol–water partition coefficient (Wildman–Crippen LogP) is 7.14. The molecule has 0 aliphatic carbocycles. The van der Waals surface area contributed by atoms with Crippen LogP contribution in [0.3, 0.4) is 0 Å². The Balaban J connectivity index is 1.00. The van der Waals surface area contributed by atoms with Crippen molar-refractivity contribution >= 4 is 57.2 Å². The molecule has 0 radical (unpaired) electrons. The van der Waals surface area contributed by atoms with Crippen molar-refractivity contribution in [2.45, 2.75) is 32.7 Å². The number of aromatic nitrogens is 2. The first kappa shape index (κ1) is 33.4. The smallest absolute Gasteiger partial charge is 0.324 e. The largest absolute Gasteiger partial charge is 0.508 e. The van der Waals surface area contributed by atoms with E-state index in [0.29, 0.717) is 77.7 Å². The monoisotopic (exact) mass is 686 g/mol. The number of hydrogen-bond acceptors (Lipinski definition) is 8. The highest BCUT2D eigenvalue weighted by molar-refractivity contribution is 6.11. The van der Waals surface area contributed by atoms with Crippen molar-refractivity contribution in [2.75, 3.05) is 36.8 Å². The van der Waals surface area contributed by atoms with E-state index in [1.807, 2.05) is 62.1 Å². The Morgan fingerprint density at radius 2 is 1.73 bits per heavy atom. The van der Waals surface area contributed by atoms with Gasteiger partial charge in [0.15, 0.2) is 11.6 Å². The Hall–Kier alpha value is -6.14. The average molecular weight is 687 g/mol. The first-order valence-electron chi connectivity index (χ1n) is 16.7. The fourth-order valence-electron chi connectivity index (χ4n) is 6.06. The van der Waals surface area contributed by atoms with Crippen LogP contribution in [0.4, 0.5) is 16.3 Å². The fraction of sp³-hybridized carbons (Fsp3) is 0.231. The van der Waals surface area contributed by atoms with E-state index in [9.17, 15) is 19.5 Å². The summed E-state index contributed by atoms with van der Waals surface area (Å²) in [7, 11) is 0. The second kappa shape index (κ2) is 13.6. The van der Waals surface area contributed by atoms with Crippen LogP contribution >= 0.6 is 0 Å². The second-order valence-corrected chi connectivity index (χ2v) is 13.7. The quantitative estimate of drug-likeness (QED) is 0.0973. The highest BCUT2D eigenvalue weighted by Crippen LogP contribution is 2.32. The van der Waals surface area contributed by atoms with Gasteiger partial charge in [-0.3, -0.25) is 19.8 Å². The Labute approximate surface area is 293 Å². The van der Waals surface area contributed by atoms with Crippen molar-refractivity contribution in [3.8, 4) is 5.75 Å². The number of phenolic OH excluding ortho intramolecular Hbond substituents is 1. The van der Waals surface area contributed by atoms with Crippen LogP contribution < -0.4 is 10.6 Å². The summed E-state index contributed by atoms with van der Waals surface area (Å²) < 4.78 is 11.2. The lowest BCUT2D eigenvalue weighted by Crippen LogP contribution is -2.47. The topological polar surface area (TPSA) is 157 Å². The van der Waals surface area contributed by atoms with Gasteiger partial charge in [0.25, 0.3) is 0 Å². The SMILES string of the molecule is CC(C)(C)c1cc(NC(=O)Nc2ccc3oc(C(=O)c4cc5c(CN6CCN(C(=O)/C=C/c7ccccc7)CC6)c(O)ccc5[nH]4)cc3c2)no1. The number of benzene rings is 3. The number of anilines is 2. The van der Waals surface area contributed by atoms with Crippen molar-refractivity contribution < 1.29 is 28.4 Å². The van der Waals surface area contributed by atoms with Gasteiger partial charge < -0.3 is 29.2 Å². The van der Waals surface area contributed by atoms with Gasteiger partial charge >= 0.3 is 6.03 Å². The number of furan rings is 1. The molecule has 3 aromatic heterocycles. The first-order chi connectivity index (χ1) is 24.5. The van der Waals surface area contributed by atoms with Gasteiger partial charge in [0.05, 0.1) is 5.69 Å². The lowest BCUT2D eigenvalue weighted by Gasteiger charge is -2.34. The summed E-state index contributed by atoms with van der Waals surface area (Å²) in [6.45, 7) is 8.84. The number of piperazine rings is 1. The van der Waals surface area contributed by atoms with Crippen LogP contribution in [0.15, 0.2) is 93.9 Å². The Bertz CT molecular complexity index is 2270. The zero-order valence-electron chi connectivity index (χ0n) is 28.5. The number of H-pyrrole nitrogens is 1. The molecule has 0 unspecified atom stereocenters. The molecule has 1 aliphatic rings. The summed E-state index contributed by atoms with van der Waals surface area (Å²) >= 11 is 0. The van der Waals surface area contributed by atoms with Gasteiger partial charge in [-0.15, -0.1) is 0 Å². The molecule has 51 heavy (non-hydrogen) atoms. The number of nitrogens with one attached hydrogen (secondary N) is 3. The molecular weight excluding hydrogens is 648 g/mol. The van der Waals surface area contributed by atoms with Gasteiger partial charge in [-0.05, 0) is 54.1 Å². The molecular formula is C39H38N6O6. The molecule has 12 nitrogen and oxygen atoms in total. The summed E-state index contributed by atoms with van der Waals surface area (Å²) in [6, 6.07) is 22.7. The van der Waals surface area contributed by atoms with Crippen molar-refractivity contribution in [2.24, 2.45) is 0 Å². The minimum absolute atomic E-state index is 0.0292. The number of aromatic amines is 1. The number of rotatable bonds is 8. The van der Waals surface area contributed by atoms with Gasteiger partial charge in [-0.1, -0.05) is 56.3 Å². The molecule has 3 aromatic carbocycles. The number of amides is 3. The van der Waals surface area contributed by atoms with E-state index in [4.69, 9.17) is 8.94 Å². The fourth-order valence-corrected chi connectivity index (χ4v) is 6.06. The zero-order valence-corrected chi connectivity index (χ0v) is 28.5. The van der Waals surface area contributed by atoms with E-state index < -0.39 is 6.03 Å². The highest BCUT2D eigenvalue weighted by Gasteiger charge is 2.24. The molecule has 3 amide bonds. The molecule has 0 saturated carbocycles. The third-order valence-electron chi connectivity index (χ3n) is 8.91. The zero-order chi connectivity index (χ0) is 35.7. The van der Waals surface area contributed by atoms with Gasteiger partial charge in [0.1, 0.15) is 17.1 Å². The summed E-state index contributed by atoms with van der Waals surface area (Å²) in [5, 5.41) is 21.6. The minimum Gasteiger partial charge on any atom is -0.508 e. The Kier molecular flexibility index (Phi) is 8.92. The highest BCUT2D eigenvalue weighted by atomic mass is 16.5. The molecule has 0 spiro atoms. The summed E-state index contributed by atoms with van der Waals surface area (Å²) in [5.41, 5.74) is 3.43. The molecule has 4 heterocycles. The maximum absolute atomic E-state index is 13.6. The number of ketones is 1. The molecule has 4 N–H and O–H groups in total. The molecule has 6 aromatic rings. The normalized spacial score (nSPS) is 14.1. The van der Waals surface area contributed by atoms with Crippen LogP contribution in [0, 0.1) is 0 Å². The van der Waals surface area contributed by atoms with Crippen molar-refractivity contribution in [1.82, 2.24) is 19.9 Å². The Morgan fingerprint density at radius 3 is 2.47 bits per heavy atom. The first-order valence-corrected chi connectivity index (χ1v) is 16.7. The van der Waals surface area contributed by atoms with Crippen LogP contribution in [-0.4, -0.2) is 68.9 Å². The standard InChI is InChI=1S/C39H38N6O6/c1-39(2,3)34-22-35(43-51-34)42-38(49)40-26-10-13-32-25(19-26)20-33(50-32)37(48)30-21-27-28(31(46)12-11-29(27)41-30)23-44-15-17-45(18-16-44)36(47)14-9-24-7-5-4-6-8-24/h4-14,19-22,41,46H,15-18,23H2,1-3H3,(H2,40,42,43,49)/b14-9+. The number of aromatic hydroxyl groups is 1. The maximum atomic E-state index is 13.6. The van der Waals surface area contributed by atoms with E-state index in [-0.39, 0.29) is 28.6 Å². The van der Waals surface area contributed by atoms with Crippen molar-refractivity contribution in [1.29, 1.82) is 0 Å². The molecule has 12 heteroatoms. The van der Waals surface area contributed by atoms with Gasteiger partial charge in [0, 0.05) is 77.8 Å². The van der Waals surface area contributed by atoms with Gasteiger partial charge in [-0.25, -0.2) is 4.79 Å². The van der Waals surface area contributed by atoms with E-state index in [2.05, 4.69) is 25.7 Å². The summed E-state index contributed by atoms with van der Waals surface area (Å²) in [5.74, 6) is 0.828. The van der Waals surface area contributed by atoms with E-state index in [1.54, 1.807) is 54.6 Å².